The summed E-state index contributed by atoms with van der Waals surface area (Å²) in [4.78, 5) is 17.5. The lowest BCUT2D eigenvalue weighted by Crippen LogP contribution is -2.20. The van der Waals surface area contributed by atoms with Gasteiger partial charge in [-0.1, -0.05) is 34.4 Å². The van der Waals surface area contributed by atoms with Crippen molar-refractivity contribution in [3.05, 3.63) is 97.9 Å². The summed E-state index contributed by atoms with van der Waals surface area (Å²) in [5, 5.41) is 4.49. The lowest BCUT2D eigenvalue weighted by atomic mass is 10.0. The van der Waals surface area contributed by atoms with Gasteiger partial charge in [0.25, 0.3) is 5.56 Å². The number of hydrogen-bond acceptors (Lipinski definition) is 3. The molecule has 0 amide bonds. The van der Waals surface area contributed by atoms with Crippen molar-refractivity contribution in [3.8, 4) is 5.69 Å². The number of oxime groups is 1. The molecular formula is C20H14Cl2F2N2O2. The summed E-state index contributed by atoms with van der Waals surface area (Å²) >= 11 is 12.4. The van der Waals surface area contributed by atoms with Gasteiger partial charge in [-0.2, -0.15) is 0 Å². The SMILES string of the molecule is CCO/N=C(/c1ccc(=O)n(-c2c(Cl)cccc2Cl)c1)c1ccc(F)cc1F. The van der Waals surface area contributed by atoms with Crippen molar-refractivity contribution in [1.82, 2.24) is 4.57 Å². The summed E-state index contributed by atoms with van der Waals surface area (Å²) in [6.07, 6.45) is 1.43. The van der Waals surface area contributed by atoms with Crippen LogP contribution in [0.2, 0.25) is 10.0 Å². The van der Waals surface area contributed by atoms with Crippen molar-refractivity contribution >= 4 is 28.9 Å². The van der Waals surface area contributed by atoms with Crippen LogP contribution < -0.4 is 5.56 Å². The number of para-hydroxylation sites is 1. The van der Waals surface area contributed by atoms with Gasteiger partial charge in [-0.25, -0.2) is 8.78 Å². The topological polar surface area (TPSA) is 43.6 Å². The molecule has 0 aliphatic rings. The highest BCUT2D eigenvalue weighted by molar-refractivity contribution is 6.37. The highest BCUT2D eigenvalue weighted by atomic mass is 35.5. The first-order valence-corrected chi connectivity index (χ1v) is 9.00. The monoisotopic (exact) mass is 422 g/mol. The van der Waals surface area contributed by atoms with E-state index in [1.807, 2.05) is 0 Å². The Morgan fingerprint density at radius 2 is 1.82 bits per heavy atom. The molecule has 0 saturated heterocycles. The van der Waals surface area contributed by atoms with Crippen molar-refractivity contribution in [3.63, 3.8) is 0 Å². The van der Waals surface area contributed by atoms with Crippen LogP contribution >= 0.6 is 23.2 Å². The average molecular weight is 423 g/mol. The molecule has 144 valence electrons. The molecule has 0 saturated carbocycles. The molecule has 0 fully saturated rings. The van der Waals surface area contributed by atoms with Crippen LogP contribution in [0.25, 0.3) is 5.69 Å². The number of rotatable bonds is 5. The van der Waals surface area contributed by atoms with Gasteiger partial charge in [0.1, 0.15) is 24.0 Å². The minimum atomic E-state index is -0.813. The quantitative estimate of drug-likeness (QED) is 0.418. The predicted molar refractivity (Wildman–Crippen MR) is 106 cm³/mol. The van der Waals surface area contributed by atoms with E-state index in [4.69, 9.17) is 28.0 Å². The van der Waals surface area contributed by atoms with Crippen LogP contribution in [0.4, 0.5) is 8.78 Å². The van der Waals surface area contributed by atoms with Crippen molar-refractivity contribution in [2.24, 2.45) is 5.16 Å². The van der Waals surface area contributed by atoms with E-state index in [0.717, 1.165) is 12.1 Å². The van der Waals surface area contributed by atoms with Crippen molar-refractivity contribution in [2.45, 2.75) is 6.92 Å². The molecule has 0 bridgehead atoms. The van der Waals surface area contributed by atoms with Gasteiger partial charge >= 0.3 is 0 Å². The standard InChI is InChI=1S/C20H14Cl2F2N2O2/c1-2-28-25-19(14-8-7-13(23)10-17(14)24)12-6-9-18(27)26(11-12)20-15(21)4-3-5-16(20)22/h3-11H,2H2,1H3/b25-19-. The fourth-order valence-corrected chi connectivity index (χ4v) is 3.17. The number of aromatic nitrogens is 1. The molecule has 3 aromatic rings. The van der Waals surface area contributed by atoms with Crippen LogP contribution in [0.5, 0.6) is 0 Å². The fourth-order valence-electron chi connectivity index (χ4n) is 2.59. The van der Waals surface area contributed by atoms with Crippen molar-refractivity contribution in [2.75, 3.05) is 6.61 Å². The van der Waals surface area contributed by atoms with Crippen molar-refractivity contribution in [1.29, 1.82) is 0 Å². The summed E-state index contributed by atoms with van der Waals surface area (Å²) in [6.45, 7) is 1.95. The first kappa shape index (κ1) is 20.0. The Hall–Kier alpha value is -2.70. The van der Waals surface area contributed by atoms with Gasteiger partial charge in [-0.15, -0.1) is 0 Å². The molecular weight excluding hydrogens is 409 g/mol. The molecule has 0 spiro atoms. The molecule has 0 N–H and O–H groups in total. The normalized spacial score (nSPS) is 11.5. The second kappa shape index (κ2) is 8.54. The number of hydrogen-bond donors (Lipinski definition) is 0. The lowest BCUT2D eigenvalue weighted by molar-refractivity contribution is 0.159. The fraction of sp³-hybridized carbons (Fsp3) is 0.100. The van der Waals surface area contributed by atoms with Crippen LogP contribution in [0.3, 0.4) is 0 Å². The summed E-state index contributed by atoms with van der Waals surface area (Å²) in [6, 6.07) is 10.7. The first-order valence-electron chi connectivity index (χ1n) is 8.25. The van der Waals surface area contributed by atoms with E-state index < -0.39 is 17.2 Å². The van der Waals surface area contributed by atoms with E-state index in [1.54, 1.807) is 25.1 Å². The van der Waals surface area contributed by atoms with Crippen LogP contribution in [0.15, 0.2) is 64.7 Å². The molecule has 8 heteroatoms. The highest BCUT2D eigenvalue weighted by Crippen LogP contribution is 2.27. The van der Waals surface area contributed by atoms with Gasteiger partial charge in [0, 0.05) is 29.5 Å². The summed E-state index contributed by atoms with van der Waals surface area (Å²) in [7, 11) is 0. The summed E-state index contributed by atoms with van der Waals surface area (Å²) in [5.74, 6) is -1.53. The Morgan fingerprint density at radius 3 is 2.46 bits per heavy atom. The minimum Gasteiger partial charge on any atom is -0.396 e. The van der Waals surface area contributed by atoms with Crippen molar-refractivity contribution < 1.29 is 13.6 Å². The molecule has 2 aromatic carbocycles. The first-order chi connectivity index (χ1) is 13.4. The molecule has 0 radical (unpaired) electrons. The third-order valence-electron chi connectivity index (χ3n) is 3.83. The number of pyridine rings is 1. The second-order valence-corrected chi connectivity index (χ2v) is 6.49. The Bertz CT molecular complexity index is 1090. The molecule has 1 heterocycles. The Balaban J connectivity index is 2.21. The largest absolute Gasteiger partial charge is 0.396 e. The van der Waals surface area contributed by atoms with E-state index in [2.05, 4.69) is 5.16 Å². The zero-order chi connectivity index (χ0) is 20.3. The highest BCUT2D eigenvalue weighted by Gasteiger charge is 2.17. The Labute approximate surface area is 169 Å². The molecule has 1 aromatic heterocycles. The van der Waals surface area contributed by atoms with E-state index >= 15 is 0 Å². The van der Waals surface area contributed by atoms with E-state index in [0.29, 0.717) is 5.56 Å². The van der Waals surface area contributed by atoms with E-state index in [1.165, 1.54) is 29.0 Å². The maximum atomic E-state index is 14.4. The molecule has 0 aliphatic carbocycles. The van der Waals surface area contributed by atoms with Crippen LogP contribution in [0, 0.1) is 11.6 Å². The maximum Gasteiger partial charge on any atom is 0.255 e. The summed E-state index contributed by atoms with van der Waals surface area (Å²) < 4.78 is 28.9. The van der Waals surface area contributed by atoms with Gasteiger partial charge in [0.15, 0.2) is 0 Å². The van der Waals surface area contributed by atoms with E-state index in [9.17, 15) is 13.6 Å². The van der Waals surface area contributed by atoms with E-state index in [-0.39, 0.29) is 33.6 Å². The second-order valence-electron chi connectivity index (χ2n) is 5.68. The van der Waals surface area contributed by atoms with Crippen LogP contribution in [-0.2, 0) is 4.84 Å². The number of nitrogens with zero attached hydrogens (tertiary/aromatic N) is 2. The van der Waals surface area contributed by atoms with Gasteiger partial charge < -0.3 is 4.84 Å². The molecule has 28 heavy (non-hydrogen) atoms. The molecule has 0 unspecified atom stereocenters. The third kappa shape index (κ3) is 4.08. The third-order valence-corrected chi connectivity index (χ3v) is 4.44. The van der Waals surface area contributed by atoms with Crippen LogP contribution in [-0.4, -0.2) is 16.9 Å². The molecule has 0 aliphatic heterocycles. The molecule has 3 rings (SSSR count). The Morgan fingerprint density at radius 1 is 1.11 bits per heavy atom. The Kier molecular flexibility index (Phi) is 6.11. The van der Waals surface area contributed by atoms with Gasteiger partial charge in [-0.3, -0.25) is 9.36 Å². The maximum absolute atomic E-state index is 14.4. The average Bonchev–Trinajstić information content (AvgIpc) is 2.65. The zero-order valence-electron chi connectivity index (χ0n) is 14.6. The van der Waals surface area contributed by atoms with Gasteiger partial charge in [-0.05, 0) is 37.3 Å². The van der Waals surface area contributed by atoms with Gasteiger partial charge in [0.05, 0.1) is 15.7 Å². The summed E-state index contributed by atoms with van der Waals surface area (Å²) in [5.41, 5.74) is 0.359. The number of benzene rings is 2. The minimum absolute atomic E-state index is 0.0188. The molecule has 0 atom stereocenters. The zero-order valence-corrected chi connectivity index (χ0v) is 16.1. The smallest absolute Gasteiger partial charge is 0.255 e. The lowest BCUT2D eigenvalue weighted by Gasteiger charge is -2.13. The number of halogens is 4. The van der Waals surface area contributed by atoms with Gasteiger partial charge in [0.2, 0.25) is 0 Å². The predicted octanol–water partition coefficient (Wildman–Crippen LogP) is 5.21. The molecule has 4 nitrogen and oxygen atoms in total. The van der Waals surface area contributed by atoms with Crippen LogP contribution in [0.1, 0.15) is 18.1 Å².